The molecule has 5 nitrogen and oxygen atoms in total. The molecule has 0 aliphatic carbocycles. The summed E-state index contributed by atoms with van der Waals surface area (Å²) in [7, 11) is 0. The molecular formula is C14H21N3O2. The number of carbonyl (C=O) groups excluding carboxylic acids is 2. The van der Waals surface area contributed by atoms with E-state index in [4.69, 9.17) is 5.73 Å². The van der Waals surface area contributed by atoms with Crippen molar-refractivity contribution in [1.29, 1.82) is 0 Å². The fraction of sp³-hybridized carbons (Fsp3) is 0.429. The Labute approximate surface area is 113 Å². The molecule has 0 fully saturated rings. The van der Waals surface area contributed by atoms with E-state index in [0.717, 1.165) is 0 Å². The molecular weight excluding hydrogens is 242 g/mol. The van der Waals surface area contributed by atoms with Crippen LogP contribution < -0.4 is 16.4 Å². The predicted molar refractivity (Wildman–Crippen MR) is 76.8 cm³/mol. The third kappa shape index (κ3) is 4.71. The zero-order valence-electron chi connectivity index (χ0n) is 11.8. The van der Waals surface area contributed by atoms with E-state index in [2.05, 4.69) is 10.6 Å². The van der Waals surface area contributed by atoms with Gasteiger partial charge in [0.1, 0.15) is 0 Å². The van der Waals surface area contributed by atoms with Gasteiger partial charge in [0.25, 0.3) is 0 Å². The van der Waals surface area contributed by atoms with Crippen molar-refractivity contribution in [2.24, 2.45) is 11.1 Å². The number of anilines is 2. The minimum Gasteiger partial charge on any atom is -0.326 e. The van der Waals surface area contributed by atoms with Gasteiger partial charge in [0.2, 0.25) is 11.8 Å². The molecule has 0 spiro atoms. The van der Waals surface area contributed by atoms with Crippen molar-refractivity contribution < 1.29 is 9.59 Å². The number of nitrogens with two attached hydrogens (primary N) is 1. The molecule has 0 saturated heterocycles. The van der Waals surface area contributed by atoms with Gasteiger partial charge in [0.15, 0.2) is 0 Å². The molecule has 0 aromatic heterocycles. The largest absolute Gasteiger partial charge is 0.326 e. The molecule has 1 atom stereocenters. The lowest BCUT2D eigenvalue weighted by atomic mass is 9.87. The Bertz CT molecular complexity index is 478. The summed E-state index contributed by atoms with van der Waals surface area (Å²) in [5.74, 6) is -0.401. The molecule has 1 rings (SSSR count). The first kappa shape index (κ1) is 15.2. The molecule has 104 valence electrons. The van der Waals surface area contributed by atoms with Gasteiger partial charge in [-0.15, -0.1) is 0 Å². The number of carbonyl (C=O) groups is 2. The fourth-order valence-electron chi connectivity index (χ4n) is 1.49. The van der Waals surface area contributed by atoms with Crippen LogP contribution in [0.1, 0.15) is 27.7 Å². The maximum absolute atomic E-state index is 12.0. The van der Waals surface area contributed by atoms with Crippen LogP contribution in [0.25, 0.3) is 0 Å². The van der Waals surface area contributed by atoms with Gasteiger partial charge in [-0.1, -0.05) is 26.8 Å². The van der Waals surface area contributed by atoms with Gasteiger partial charge >= 0.3 is 0 Å². The van der Waals surface area contributed by atoms with Gasteiger partial charge in [-0.05, 0) is 23.6 Å². The Balaban J connectivity index is 2.77. The monoisotopic (exact) mass is 263 g/mol. The van der Waals surface area contributed by atoms with Gasteiger partial charge in [-0.2, -0.15) is 0 Å². The zero-order chi connectivity index (χ0) is 14.6. The second-order valence-corrected chi connectivity index (χ2v) is 5.59. The number of benzene rings is 1. The Hall–Kier alpha value is -1.88. The van der Waals surface area contributed by atoms with Crippen LogP contribution in [0.3, 0.4) is 0 Å². The van der Waals surface area contributed by atoms with E-state index < -0.39 is 6.04 Å². The number of amides is 2. The molecule has 0 aliphatic heterocycles. The summed E-state index contributed by atoms with van der Waals surface area (Å²) in [4.78, 5) is 22.9. The van der Waals surface area contributed by atoms with E-state index in [1.54, 1.807) is 24.3 Å². The van der Waals surface area contributed by atoms with Crippen LogP contribution in [0.5, 0.6) is 0 Å². The van der Waals surface area contributed by atoms with E-state index in [1.807, 2.05) is 20.8 Å². The first-order valence-electron chi connectivity index (χ1n) is 6.14. The van der Waals surface area contributed by atoms with Gasteiger partial charge in [0, 0.05) is 18.3 Å². The average Bonchev–Trinajstić information content (AvgIpc) is 2.26. The highest BCUT2D eigenvalue weighted by atomic mass is 16.2. The molecule has 19 heavy (non-hydrogen) atoms. The van der Waals surface area contributed by atoms with Crippen molar-refractivity contribution in [2.75, 3.05) is 10.6 Å². The van der Waals surface area contributed by atoms with Crippen molar-refractivity contribution in [2.45, 2.75) is 33.7 Å². The molecule has 0 unspecified atom stereocenters. The lowest BCUT2D eigenvalue weighted by Gasteiger charge is -2.25. The van der Waals surface area contributed by atoms with Crippen molar-refractivity contribution >= 4 is 23.2 Å². The van der Waals surface area contributed by atoms with Crippen LogP contribution >= 0.6 is 0 Å². The lowest BCUT2D eigenvalue weighted by molar-refractivity contribution is -0.119. The molecule has 1 aromatic carbocycles. The fourth-order valence-corrected chi connectivity index (χ4v) is 1.49. The van der Waals surface area contributed by atoms with Crippen molar-refractivity contribution in [3.05, 3.63) is 24.3 Å². The van der Waals surface area contributed by atoms with Crippen LogP contribution in [-0.2, 0) is 9.59 Å². The smallest absolute Gasteiger partial charge is 0.241 e. The van der Waals surface area contributed by atoms with Crippen LogP contribution in [0.15, 0.2) is 24.3 Å². The highest BCUT2D eigenvalue weighted by Crippen LogP contribution is 2.20. The lowest BCUT2D eigenvalue weighted by Crippen LogP contribution is -2.45. The van der Waals surface area contributed by atoms with Crippen LogP contribution in [-0.4, -0.2) is 17.9 Å². The Morgan fingerprint density at radius 3 is 2.16 bits per heavy atom. The third-order valence-corrected chi connectivity index (χ3v) is 2.67. The number of rotatable bonds is 3. The average molecular weight is 263 g/mol. The summed E-state index contributed by atoms with van der Waals surface area (Å²) in [5.41, 5.74) is 6.81. The number of hydrogen-bond acceptors (Lipinski definition) is 3. The summed E-state index contributed by atoms with van der Waals surface area (Å²) in [6, 6.07) is 6.34. The Morgan fingerprint density at radius 1 is 1.16 bits per heavy atom. The quantitative estimate of drug-likeness (QED) is 0.779. The van der Waals surface area contributed by atoms with Crippen LogP contribution in [0.2, 0.25) is 0 Å². The molecule has 0 saturated carbocycles. The summed E-state index contributed by atoms with van der Waals surface area (Å²) in [5, 5.41) is 5.40. The minimum atomic E-state index is -0.600. The number of nitrogens with one attached hydrogen (secondary N) is 2. The normalized spacial score (nSPS) is 12.7. The maximum Gasteiger partial charge on any atom is 0.241 e. The maximum atomic E-state index is 12.0. The van der Waals surface area contributed by atoms with E-state index in [1.165, 1.54) is 6.92 Å². The van der Waals surface area contributed by atoms with E-state index in [-0.39, 0.29) is 17.2 Å². The highest BCUT2D eigenvalue weighted by molar-refractivity contribution is 5.96. The number of hydrogen-bond donors (Lipinski definition) is 3. The first-order chi connectivity index (χ1) is 8.70. The van der Waals surface area contributed by atoms with Gasteiger partial charge in [-0.3, -0.25) is 9.59 Å². The molecule has 0 heterocycles. The van der Waals surface area contributed by atoms with E-state index in [9.17, 15) is 9.59 Å². The highest BCUT2D eigenvalue weighted by Gasteiger charge is 2.27. The second kappa shape index (κ2) is 5.84. The predicted octanol–water partition coefficient (Wildman–Crippen LogP) is 1.96. The molecule has 5 heteroatoms. The Kier molecular flexibility index (Phi) is 4.67. The minimum absolute atomic E-state index is 0.158. The van der Waals surface area contributed by atoms with Crippen molar-refractivity contribution in [3.63, 3.8) is 0 Å². The summed E-state index contributed by atoms with van der Waals surface area (Å²) in [6.07, 6.45) is 0. The zero-order valence-corrected chi connectivity index (χ0v) is 11.8. The van der Waals surface area contributed by atoms with Gasteiger partial charge < -0.3 is 16.4 Å². The Morgan fingerprint density at radius 2 is 1.68 bits per heavy atom. The van der Waals surface area contributed by atoms with Crippen molar-refractivity contribution in [3.8, 4) is 0 Å². The molecule has 4 N–H and O–H groups in total. The molecule has 1 aromatic rings. The summed E-state index contributed by atoms with van der Waals surface area (Å²) in [6.45, 7) is 7.15. The van der Waals surface area contributed by atoms with Crippen molar-refractivity contribution in [1.82, 2.24) is 0 Å². The SMILES string of the molecule is CC(=O)Nc1cccc(NC(=O)[C@@H](N)C(C)(C)C)c1. The van der Waals surface area contributed by atoms with Gasteiger partial charge in [0.05, 0.1) is 6.04 Å². The molecule has 2 amide bonds. The molecule has 0 bridgehead atoms. The first-order valence-corrected chi connectivity index (χ1v) is 6.14. The van der Waals surface area contributed by atoms with Crippen LogP contribution in [0.4, 0.5) is 11.4 Å². The third-order valence-electron chi connectivity index (χ3n) is 2.67. The summed E-state index contributed by atoms with van der Waals surface area (Å²) < 4.78 is 0. The summed E-state index contributed by atoms with van der Waals surface area (Å²) >= 11 is 0. The van der Waals surface area contributed by atoms with E-state index in [0.29, 0.717) is 11.4 Å². The molecule has 0 aliphatic rings. The second-order valence-electron chi connectivity index (χ2n) is 5.59. The van der Waals surface area contributed by atoms with E-state index >= 15 is 0 Å². The van der Waals surface area contributed by atoms with Gasteiger partial charge in [-0.25, -0.2) is 0 Å². The molecule has 0 radical (unpaired) electrons. The topological polar surface area (TPSA) is 84.2 Å². The standard InChI is InChI=1S/C14H21N3O2/c1-9(18)16-10-6-5-7-11(8-10)17-13(19)12(15)14(2,3)4/h5-8,12H,15H2,1-4H3,(H,16,18)(H,17,19)/t12-/m1/s1. The van der Waals surface area contributed by atoms with Crippen LogP contribution in [0, 0.1) is 5.41 Å².